The summed E-state index contributed by atoms with van der Waals surface area (Å²) in [4.78, 5) is 20.3. The number of methoxy groups -OCH3 is 1. The maximum absolute atomic E-state index is 12.7. The second-order valence-electron chi connectivity index (χ2n) is 6.65. The fraction of sp³-hybridized carbons (Fsp3) is 0.400. The van der Waals surface area contributed by atoms with E-state index in [1.807, 2.05) is 29.2 Å². The molecule has 28 heavy (non-hydrogen) atoms. The van der Waals surface area contributed by atoms with Gasteiger partial charge in [0, 0.05) is 32.4 Å². The van der Waals surface area contributed by atoms with Gasteiger partial charge in [0.05, 0.1) is 19.1 Å². The summed E-state index contributed by atoms with van der Waals surface area (Å²) in [6.45, 7) is 2.31. The number of hydrogen-bond acceptors (Lipinski definition) is 4. The third-order valence-corrected chi connectivity index (χ3v) is 4.76. The highest BCUT2D eigenvalue weighted by Gasteiger charge is 2.31. The molecule has 1 aromatic heterocycles. The summed E-state index contributed by atoms with van der Waals surface area (Å²) in [6.07, 6.45) is -2.50. The number of carbonyl (C=O) groups is 1. The van der Waals surface area contributed by atoms with Crippen LogP contribution >= 0.6 is 0 Å². The molecule has 3 rings (SSSR count). The minimum atomic E-state index is -4.39. The number of pyridine rings is 1. The molecular formula is C20H22F3N3O2. The minimum Gasteiger partial charge on any atom is -0.497 e. The van der Waals surface area contributed by atoms with Gasteiger partial charge in [0.15, 0.2) is 0 Å². The van der Waals surface area contributed by atoms with E-state index in [1.54, 1.807) is 12.0 Å². The zero-order chi connectivity index (χ0) is 20.1. The van der Waals surface area contributed by atoms with E-state index in [2.05, 4.69) is 4.98 Å². The molecule has 8 heteroatoms. The van der Waals surface area contributed by atoms with Crippen LogP contribution in [0.3, 0.4) is 0 Å². The number of nitrogens with zero attached hydrogens (tertiary/aromatic N) is 3. The third kappa shape index (κ3) is 4.94. The van der Waals surface area contributed by atoms with Crippen LogP contribution in [0.2, 0.25) is 0 Å². The van der Waals surface area contributed by atoms with Crippen molar-refractivity contribution in [2.75, 3.05) is 38.2 Å². The smallest absolute Gasteiger partial charge is 0.417 e. The van der Waals surface area contributed by atoms with E-state index in [4.69, 9.17) is 4.74 Å². The summed E-state index contributed by atoms with van der Waals surface area (Å²) in [5.74, 6) is 1.27. The van der Waals surface area contributed by atoms with Gasteiger partial charge in [-0.1, -0.05) is 12.1 Å². The van der Waals surface area contributed by atoms with Crippen LogP contribution in [0.15, 0.2) is 42.6 Å². The number of aromatic nitrogens is 1. The summed E-state index contributed by atoms with van der Waals surface area (Å²) < 4.78 is 43.2. The molecule has 1 aliphatic heterocycles. The van der Waals surface area contributed by atoms with Crippen molar-refractivity contribution in [3.63, 3.8) is 0 Å². The number of rotatable bonds is 4. The van der Waals surface area contributed by atoms with Crippen molar-refractivity contribution in [3.8, 4) is 5.75 Å². The normalized spacial score (nSPS) is 15.3. The average molecular weight is 393 g/mol. The van der Waals surface area contributed by atoms with E-state index < -0.39 is 11.7 Å². The average Bonchev–Trinajstić information content (AvgIpc) is 2.94. The Kier molecular flexibility index (Phi) is 6.06. The van der Waals surface area contributed by atoms with E-state index in [0.29, 0.717) is 38.4 Å². The van der Waals surface area contributed by atoms with Crippen LogP contribution in [0.25, 0.3) is 0 Å². The predicted octanol–water partition coefficient (Wildman–Crippen LogP) is 3.39. The van der Waals surface area contributed by atoms with E-state index in [0.717, 1.165) is 30.0 Å². The highest BCUT2D eigenvalue weighted by molar-refractivity contribution is 5.79. The monoisotopic (exact) mass is 393 g/mol. The second-order valence-corrected chi connectivity index (χ2v) is 6.65. The molecule has 0 aliphatic carbocycles. The summed E-state index contributed by atoms with van der Waals surface area (Å²) in [5, 5.41) is 0. The lowest BCUT2D eigenvalue weighted by Crippen LogP contribution is -2.36. The molecule has 1 amide bonds. The maximum Gasteiger partial charge on any atom is 0.417 e. The van der Waals surface area contributed by atoms with Gasteiger partial charge in [-0.2, -0.15) is 13.2 Å². The quantitative estimate of drug-likeness (QED) is 0.799. The van der Waals surface area contributed by atoms with Crippen LogP contribution in [0, 0.1) is 0 Å². The first kappa shape index (κ1) is 20.0. The zero-order valence-electron chi connectivity index (χ0n) is 15.6. The van der Waals surface area contributed by atoms with Crippen LogP contribution in [-0.2, 0) is 17.4 Å². The van der Waals surface area contributed by atoms with Crippen molar-refractivity contribution in [1.82, 2.24) is 9.88 Å². The fourth-order valence-electron chi connectivity index (χ4n) is 3.17. The predicted molar refractivity (Wildman–Crippen MR) is 99.3 cm³/mol. The number of alkyl halides is 3. The molecule has 1 aliphatic rings. The Hall–Kier alpha value is -2.77. The summed E-state index contributed by atoms with van der Waals surface area (Å²) in [7, 11) is 1.59. The molecule has 150 valence electrons. The second kappa shape index (κ2) is 8.50. The van der Waals surface area contributed by atoms with Crippen LogP contribution in [0.4, 0.5) is 19.0 Å². The number of halogens is 3. The zero-order valence-corrected chi connectivity index (χ0v) is 15.6. The van der Waals surface area contributed by atoms with Crippen molar-refractivity contribution in [1.29, 1.82) is 0 Å². The highest BCUT2D eigenvalue weighted by Crippen LogP contribution is 2.29. The third-order valence-electron chi connectivity index (χ3n) is 4.76. The van der Waals surface area contributed by atoms with Crippen molar-refractivity contribution in [2.24, 2.45) is 0 Å². The van der Waals surface area contributed by atoms with Gasteiger partial charge >= 0.3 is 6.18 Å². The van der Waals surface area contributed by atoms with Gasteiger partial charge in [-0.05, 0) is 36.2 Å². The first-order valence-electron chi connectivity index (χ1n) is 9.06. The maximum atomic E-state index is 12.7. The van der Waals surface area contributed by atoms with E-state index in [-0.39, 0.29) is 5.91 Å². The summed E-state index contributed by atoms with van der Waals surface area (Å²) in [6, 6.07) is 9.81. The molecule has 0 spiro atoms. The van der Waals surface area contributed by atoms with Crippen molar-refractivity contribution in [2.45, 2.75) is 19.0 Å². The highest BCUT2D eigenvalue weighted by atomic mass is 19.4. The SMILES string of the molecule is COc1ccc(CC(=O)N2CCCN(c3ccc(C(F)(F)F)cn3)CC2)cc1. The molecule has 0 atom stereocenters. The van der Waals surface area contributed by atoms with Gasteiger partial charge in [-0.15, -0.1) is 0 Å². The minimum absolute atomic E-state index is 0.0346. The van der Waals surface area contributed by atoms with Gasteiger partial charge in [0.25, 0.3) is 0 Å². The molecular weight excluding hydrogens is 371 g/mol. The van der Waals surface area contributed by atoms with Crippen LogP contribution in [-0.4, -0.2) is 49.1 Å². The van der Waals surface area contributed by atoms with Gasteiger partial charge in [-0.3, -0.25) is 4.79 Å². The summed E-state index contributed by atoms with van der Waals surface area (Å²) >= 11 is 0. The Morgan fingerprint density at radius 3 is 2.43 bits per heavy atom. The Balaban J connectivity index is 1.58. The van der Waals surface area contributed by atoms with E-state index in [9.17, 15) is 18.0 Å². The Morgan fingerprint density at radius 2 is 1.82 bits per heavy atom. The molecule has 1 aromatic carbocycles. The first-order valence-corrected chi connectivity index (χ1v) is 9.06. The molecule has 0 N–H and O–H groups in total. The first-order chi connectivity index (χ1) is 13.4. The number of ether oxygens (including phenoxy) is 1. The van der Waals surface area contributed by atoms with Gasteiger partial charge in [0.2, 0.25) is 5.91 Å². The summed E-state index contributed by atoms with van der Waals surface area (Å²) in [5.41, 5.74) is 0.152. The van der Waals surface area contributed by atoms with Crippen molar-refractivity contribution < 1.29 is 22.7 Å². The molecule has 0 saturated carbocycles. The molecule has 5 nitrogen and oxygen atoms in total. The van der Waals surface area contributed by atoms with E-state index >= 15 is 0 Å². The molecule has 1 fully saturated rings. The van der Waals surface area contributed by atoms with Gasteiger partial charge in [0.1, 0.15) is 11.6 Å². The van der Waals surface area contributed by atoms with Crippen molar-refractivity contribution in [3.05, 3.63) is 53.7 Å². The number of benzene rings is 1. The Bertz CT molecular complexity index is 792. The number of carbonyl (C=O) groups excluding carboxylic acids is 1. The van der Waals surface area contributed by atoms with Crippen LogP contribution in [0.5, 0.6) is 5.75 Å². The molecule has 2 aromatic rings. The molecule has 0 radical (unpaired) electrons. The lowest BCUT2D eigenvalue weighted by Gasteiger charge is -2.23. The van der Waals surface area contributed by atoms with Crippen molar-refractivity contribution >= 4 is 11.7 Å². The largest absolute Gasteiger partial charge is 0.497 e. The molecule has 1 saturated heterocycles. The molecule has 0 bridgehead atoms. The van der Waals surface area contributed by atoms with Gasteiger partial charge < -0.3 is 14.5 Å². The molecule has 2 heterocycles. The van der Waals surface area contributed by atoms with Crippen LogP contribution in [0.1, 0.15) is 17.5 Å². The Labute approximate surface area is 161 Å². The number of hydrogen-bond donors (Lipinski definition) is 0. The molecule has 0 unspecified atom stereocenters. The topological polar surface area (TPSA) is 45.7 Å². The Morgan fingerprint density at radius 1 is 1.07 bits per heavy atom. The van der Waals surface area contributed by atoms with Crippen LogP contribution < -0.4 is 9.64 Å². The number of amides is 1. The standard InChI is InChI=1S/C20H22F3N3O2/c1-28-17-6-3-15(4-7-17)13-19(27)26-10-2-9-25(11-12-26)18-8-5-16(14-24-18)20(21,22)23/h3-8,14H,2,9-13H2,1H3. The van der Waals surface area contributed by atoms with E-state index in [1.165, 1.54) is 6.07 Å². The van der Waals surface area contributed by atoms with Gasteiger partial charge in [-0.25, -0.2) is 4.98 Å². The lowest BCUT2D eigenvalue weighted by atomic mass is 10.1. The number of anilines is 1. The fourth-order valence-corrected chi connectivity index (χ4v) is 3.17. The lowest BCUT2D eigenvalue weighted by molar-refractivity contribution is -0.137.